The average molecular weight is 306 g/mol. The second-order valence-corrected chi connectivity index (χ2v) is 6.40. The molecule has 1 aromatic carbocycles. The Morgan fingerprint density at radius 3 is 2.71 bits per heavy atom. The summed E-state index contributed by atoms with van der Waals surface area (Å²) in [7, 11) is 0. The summed E-state index contributed by atoms with van der Waals surface area (Å²) >= 11 is 6.18. The van der Waals surface area contributed by atoms with Crippen LogP contribution in [0.2, 0.25) is 5.02 Å². The van der Waals surface area contributed by atoms with Crippen molar-refractivity contribution in [2.24, 2.45) is 5.41 Å². The molecule has 2 aromatic rings. The molecule has 112 valence electrons. The van der Waals surface area contributed by atoms with Crippen molar-refractivity contribution in [3.63, 3.8) is 0 Å². The van der Waals surface area contributed by atoms with E-state index in [4.69, 9.17) is 11.6 Å². The molecule has 0 saturated carbocycles. The van der Waals surface area contributed by atoms with E-state index in [-0.39, 0.29) is 5.91 Å². The zero-order valence-electron chi connectivity index (χ0n) is 12.6. The number of aromatic nitrogens is 2. The van der Waals surface area contributed by atoms with Crippen LogP contribution in [0.25, 0.3) is 0 Å². The number of carbonyl (C=O) groups excluding carboxylic acids is 1. The van der Waals surface area contributed by atoms with Crippen LogP contribution in [0.5, 0.6) is 0 Å². The van der Waals surface area contributed by atoms with E-state index in [0.29, 0.717) is 13.1 Å². The van der Waals surface area contributed by atoms with Crippen LogP contribution in [-0.4, -0.2) is 15.5 Å². The van der Waals surface area contributed by atoms with E-state index in [1.807, 2.05) is 55.8 Å². The van der Waals surface area contributed by atoms with Gasteiger partial charge < -0.3 is 9.88 Å². The summed E-state index contributed by atoms with van der Waals surface area (Å²) in [6.07, 6.45) is 3.62. The SMILES string of the molecule is CC(C)(C)C(=O)NCc1nccn1Cc1ccccc1Cl. The number of hydrogen-bond donors (Lipinski definition) is 1. The minimum absolute atomic E-state index is 0.00907. The highest BCUT2D eigenvalue weighted by Gasteiger charge is 2.21. The number of halogens is 1. The quantitative estimate of drug-likeness (QED) is 0.942. The van der Waals surface area contributed by atoms with Crippen molar-refractivity contribution >= 4 is 17.5 Å². The van der Waals surface area contributed by atoms with Crippen LogP contribution in [0.15, 0.2) is 36.7 Å². The van der Waals surface area contributed by atoms with E-state index >= 15 is 0 Å². The van der Waals surface area contributed by atoms with Crippen molar-refractivity contribution in [3.05, 3.63) is 53.1 Å². The van der Waals surface area contributed by atoms with Crippen LogP contribution in [0.4, 0.5) is 0 Å². The van der Waals surface area contributed by atoms with Crippen LogP contribution in [-0.2, 0) is 17.9 Å². The van der Waals surface area contributed by atoms with Crippen molar-refractivity contribution in [1.82, 2.24) is 14.9 Å². The Balaban J connectivity index is 2.06. The first-order valence-corrected chi connectivity index (χ1v) is 7.27. The highest BCUT2D eigenvalue weighted by molar-refractivity contribution is 6.31. The van der Waals surface area contributed by atoms with Gasteiger partial charge in [-0.1, -0.05) is 50.6 Å². The second-order valence-electron chi connectivity index (χ2n) is 6.00. The minimum atomic E-state index is -0.403. The van der Waals surface area contributed by atoms with Gasteiger partial charge in [0.25, 0.3) is 0 Å². The van der Waals surface area contributed by atoms with Gasteiger partial charge in [-0.2, -0.15) is 0 Å². The van der Waals surface area contributed by atoms with Crippen LogP contribution in [0.1, 0.15) is 32.2 Å². The summed E-state index contributed by atoms with van der Waals surface area (Å²) in [5.41, 5.74) is 0.626. The fourth-order valence-electron chi connectivity index (χ4n) is 1.89. The van der Waals surface area contributed by atoms with E-state index in [1.165, 1.54) is 0 Å². The van der Waals surface area contributed by atoms with Crippen molar-refractivity contribution in [2.45, 2.75) is 33.9 Å². The first kappa shape index (κ1) is 15.6. The van der Waals surface area contributed by atoms with E-state index in [1.54, 1.807) is 6.20 Å². The first-order valence-electron chi connectivity index (χ1n) is 6.89. The summed E-state index contributed by atoms with van der Waals surface area (Å²) in [5.74, 6) is 0.822. The molecule has 4 nitrogen and oxygen atoms in total. The lowest BCUT2D eigenvalue weighted by Gasteiger charge is -2.18. The van der Waals surface area contributed by atoms with Crippen molar-refractivity contribution in [2.75, 3.05) is 0 Å². The maximum atomic E-state index is 11.9. The summed E-state index contributed by atoms with van der Waals surface area (Å²) < 4.78 is 1.99. The molecular weight excluding hydrogens is 286 g/mol. The van der Waals surface area contributed by atoms with Crippen LogP contribution >= 0.6 is 11.6 Å². The predicted molar refractivity (Wildman–Crippen MR) is 84.1 cm³/mol. The molecule has 0 saturated heterocycles. The first-order chi connectivity index (χ1) is 9.88. The molecule has 0 atom stereocenters. The molecule has 0 fully saturated rings. The van der Waals surface area contributed by atoms with Gasteiger partial charge in [0, 0.05) is 22.8 Å². The Kier molecular flexibility index (Phi) is 4.68. The number of nitrogens with zero attached hydrogens (tertiary/aromatic N) is 2. The van der Waals surface area contributed by atoms with E-state index in [9.17, 15) is 4.79 Å². The lowest BCUT2D eigenvalue weighted by Crippen LogP contribution is -2.35. The molecule has 2 rings (SSSR count). The Hall–Kier alpha value is -1.81. The average Bonchev–Trinajstić information content (AvgIpc) is 2.85. The Labute approximate surface area is 130 Å². The molecule has 1 aromatic heterocycles. The van der Waals surface area contributed by atoms with Gasteiger partial charge in [0.1, 0.15) is 5.82 Å². The molecule has 21 heavy (non-hydrogen) atoms. The Morgan fingerprint density at radius 2 is 2.05 bits per heavy atom. The zero-order chi connectivity index (χ0) is 15.5. The molecule has 0 aliphatic heterocycles. The third-order valence-corrected chi connectivity index (χ3v) is 3.56. The third-order valence-electron chi connectivity index (χ3n) is 3.19. The molecule has 0 unspecified atom stereocenters. The molecular formula is C16H20ClN3O. The number of amides is 1. The maximum Gasteiger partial charge on any atom is 0.225 e. The zero-order valence-corrected chi connectivity index (χ0v) is 13.3. The molecule has 0 spiro atoms. The normalized spacial score (nSPS) is 11.4. The number of nitrogens with one attached hydrogen (secondary N) is 1. The van der Waals surface area contributed by atoms with Gasteiger partial charge in [-0.25, -0.2) is 4.98 Å². The van der Waals surface area contributed by atoms with Crippen LogP contribution in [0.3, 0.4) is 0 Å². The largest absolute Gasteiger partial charge is 0.348 e. The van der Waals surface area contributed by atoms with Gasteiger partial charge in [-0.15, -0.1) is 0 Å². The fourth-order valence-corrected chi connectivity index (χ4v) is 2.08. The van der Waals surface area contributed by atoms with Gasteiger partial charge in [-0.3, -0.25) is 4.79 Å². The maximum absolute atomic E-state index is 11.9. The molecule has 1 amide bonds. The van der Waals surface area contributed by atoms with E-state index < -0.39 is 5.41 Å². The standard InChI is InChI=1S/C16H20ClN3O/c1-16(2,3)15(21)19-10-14-18-8-9-20(14)11-12-6-4-5-7-13(12)17/h4-9H,10-11H2,1-3H3,(H,19,21). The monoisotopic (exact) mass is 305 g/mol. The van der Waals surface area contributed by atoms with Crippen molar-refractivity contribution in [3.8, 4) is 0 Å². The lowest BCUT2D eigenvalue weighted by atomic mass is 9.96. The minimum Gasteiger partial charge on any atom is -0.348 e. The molecule has 0 aliphatic rings. The molecule has 0 radical (unpaired) electrons. The van der Waals surface area contributed by atoms with Gasteiger partial charge in [0.15, 0.2) is 0 Å². The highest BCUT2D eigenvalue weighted by Crippen LogP contribution is 2.17. The summed E-state index contributed by atoms with van der Waals surface area (Å²) in [4.78, 5) is 16.2. The van der Waals surface area contributed by atoms with E-state index in [2.05, 4.69) is 10.3 Å². The summed E-state index contributed by atoms with van der Waals surface area (Å²) in [6, 6.07) is 7.72. The smallest absolute Gasteiger partial charge is 0.225 e. The molecule has 0 bridgehead atoms. The Bertz CT molecular complexity index is 628. The number of rotatable bonds is 4. The van der Waals surface area contributed by atoms with Crippen molar-refractivity contribution in [1.29, 1.82) is 0 Å². The van der Waals surface area contributed by atoms with Crippen LogP contribution in [0, 0.1) is 5.41 Å². The van der Waals surface area contributed by atoms with Gasteiger partial charge in [0.2, 0.25) is 5.91 Å². The van der Waals surface area contributed by atoms with Gasteiger partial charge >= 0.3 is 0 Å². The third kappa shape index (κ3) is 4.08. The Morgan fingerprint density at radius 1 is 1.33 bits per heavy atom. The number of imidazole rings is 1. The predicted octanol–water partition coefficient (Wildman–Crippen LogP) is 3.25. The summed E-state index contributed by atoms with van der Waals surface area (Å²) in [6.45, 7) is 6.71. The van der Waals surface area contributed by atoms with E-state index in [0.717, 1.165) is 16.4 Å². The molecule has 1 N–H and O–H groups in total. The molecule has 0 aliphatic carbocycles. The number of hydrogen-bond acceptors (Lipinski definition) is 2. The topological polar surface area (TPSA) is 46.9 Å². The summed E-state index contributed by atoms with van der Waals surface area (Å²) in [5, 5.41) is 3.64. The number of carbonyl (C=O) groups is 1. The van der Waals surface area contributed by atoms with Crippen LogP contribution < -0.4 is 5.32 Å². The molecule has 5 heteroatoms. The number of benzene rings is 1. The van der Waals surface area contributed by atoms with Crippen molar-refractivity contribution < 1.29 is 4.79 Å². The van der Waals surface area contributed by atoms with Gasteiger partial charge in [0.05, 0.1) is 13.1 Å². The second kappa shape index (κ2) is 6.31. The lowest BCUT2D eigenvalue weighted by molar-refractivity contribution is -0.128. The fraction of sp³-hybridized carbons (Fsp3) is 0.375. The highest BCUT2D eigenvalue weighted by atomic mass is 35.5. The molecule has 1 heterocycles. The van der Waals surface area contributed by atoms with Gasteiger partial charge in [-0.05, 0) is 11.6 Å².